The van der Waals surface area contributed by atoms with Crippen LogP contribution in [0.5, 0.6) is 0 Å². The number of primary amides is 1. The van der Waals surface area contributed by atoms with Crippen LogP contribution in [0.3, 0.4) is 0 Å². The van der Waals surface area contributed by atoms with E-state index in [0.717, 1.165) is 24.6 Å². The van der Waals surface area contributed by atoms with Crippen molar-refractivity contribution in [2.45, 2.75) is 37.5 Å². The maximum atomic E-state index is 13.8. The Hall–Kier alpha value is -3.61. The van der Waals surface area contributed by atoms with Crippen LogP contribution in [-0.4, -0.2) is 37.9 Å². The van der Waals surface area contributed by atoms with Gasteiger partial charge in [-0.05, 0) is 69.0 Å². The molecule has 2 aromatic heterocycles. The molecule has 12 heteroatoms. The number of nitrogens with zero attached hydrogens (tertiary/aromatic N) is 3. The second-order valence-corrected chi connectivity index (χ2v) is 10.2. The predicted octanol–water partition coefficient (Wildman–Crippen LogP) is 3.64. The molecule has 0 radical (unpaired) electrons. The maximum absolute atomic E-state index is 13.8. The van der Waals surface area contributed by atoms with Crippen molar-refractivity contribution in [1.82, 2.24) is 14.7 Å². The van der Waals surface area contributed by atoms with Gasteiger partial charge in [0.25, 0.3) is 5.91 Å². The van der Waals surface area contributed by atoms with Crippen LogP contribution in [0.15, 0.2) is 47.6 Å². The average Bonchev–Trinajstić information content (AvgIpc) is 3.70. The van der Waals surface area contributed by atoms with Gasteiger partial charge in [-0.3, -0.25) is 9.63 Å². The summed E-state index contributed by atoms with van der Waals surface area (Å²) < 4.78 is 41.8. The lowest BCUT2D eigenvalue weighted by atomic mass is 10.1. The highest BCUT2D eigenvalue weighted by Gasteiger charge is 2.27. The number of benzene rings is 1. The molecule has 0 atom stereocenters. The van der Waals surface area contributed by atoms with Gasteiger partial charge in [0.15, 0.2) is 11.6 Å². The highest BCUT2D eigenvalue weighted by Crippen LogP contribution is 2.42. The lowest BCUT2D eigenvalue weighted by molar-refractivity contribution is 0.100. The Balaban J connectivity index is 1.80. The van der Waals surface area contributed by atoms with Crippen LogP contribution in [0.4, 0.5) is 27.4 Å². The van der Waals surface area contributed by atoms with Crippen LogP contribution in [-0.2, 0) is 14.9 Å². The average molecular weight is 515 g/mol. The number of sulfonamides is 1. The summed E-state index contributed by atoms with van der Waals surface area (Å²) in [6.45, 7) is 3.60. The summed E-state index contributed by atoms with van der Waals surface area (Å²) in [6, 6.07) is 8.14. The number of amides is 1. The van der Waals surface area contributed by atoms with E-state index in [1.54, 1.807) is 26.0 Å². The number of anilines is 4. The van der Waals surface area contributed by atoms with Crippen molar-refractivity contribution in [1.29, 1.82) is 0 Å². The molecule has 1 saturated carbocycles. The van der Waals surface area contributed by atoms with Crippen molar-refractivity contribution in [3.05, 3.63) is 65.2 Å². The van der Waals surface area contributed by atoms with Crippen molar-refractivity contribution < 1.29 is 22.4 Å². The molecule has 2 heterocycles. The van der Waals surface area contributed by atoms with Gasteiger partial charge in [-0.15, -0.1) is 0 Å². The lowest BCUT2D eigenvalue weighted by Crippen LogP contribution is -2.22. The number of nitrogens with two attached hydrogens (primary N) is 1. The zero-order chi connectivity index (χ0) is 26.0. The van der Waals surface area contributed by atoms with Gasteiger partial charge in [0.2, 0.25) is 10.0 Å². The smallest absolute Gasteiger partial charge is 0.252 e. The van der Waals surface area contributed by atoms with Gasteiger partial charge in [0.05, 0.1) is 29.7 Å². The van der Waals surface area contributed by atoms with Crippen molar-refractivity contribution in [3.63, 3.8) is 0 Å². The number of carbonyl (C=O) groups excluding carboxylic acids is 1. The second-order valence-electron chi connectivity index (χ2n) is 8.32. The van der Waals surface area contributed by atoms with Gasteiger partial charge in [-0.25, -0.2) is 27.5 Å². The standard InChI is InChI=1S/C24H27FN6O4S/c1-4-35-31(22-9-14(2)18(25)13-29-22)23-11-20(17(12-28-23)24(26)32)30-19-8-7-16(15-5-6-15)10-21(19)36(33,34)27-3/h7-13,15,27H,4-6H2,1-3H3,(H2,26,32)(H,28,30). The molecule has 4 rings (SSSR count). The number of rotatable bonds is 10. The molecule has 0 unspecified atom stereocenters. The topological polar surface area (TPSA) is 140 Å². The van der Waals surface area contributed by atoms with Gasteiger partial charge in [0.1, 0.15) is 10.7 Å². The first kappa shape index (κ1) is 25.5. The van der Waals surface area contributed by atoms with Crippen LogP contribution in [0.25, 0.3) is 0 Å². The van der Waals surface area contributed by atoms with E-state index in [0.29, 0.717) is 11.5 Å². The van der Waals surface area contributed by atoms with Crippen molar-refractivity contribution in [2.24, 2.45) is 5.73 Å². The minimum absolute atomic E-state index is 0.0394. The second kappa shape index (κ2) is 10.2. The molecule has 36 heavy (non-hydrogen) atoms. The lowest BCUT2D eigenvalue weighted by Gasteiger charge is -2.23. The molecule has 3 aromatic rings. The van der Waals surface area contributed by atoms with Crippen molar-refractivity contribution in [2.75, 3.05) is 24.0 Å². The van der Waals surface area contributed by atoms with Gasteiger partial charge >= 0.3 is 0 Å². The minimum Gasteiger partial charge on any atom is -0.365 e. The number of hydrogen-bond acceptors (Lipinski definition) is 8. The Morgan fingerprint density at radius 2 is 1.86 bits per heavy atom. The molecule has 1 aliphatic rings. The number of nitrogens with one attached hydrogen (secondary N) is 2. The van der Waals surface area contributed by atoms with E-state index in [2.05, 4.69) is 20.0 Å². The van der Waals surface area contributed by atoms with Crippen LogP contribution in [0.1, 0.15) is 47.2 Å². The molecule has 0 spiro atoms. The predicted molar refractivity (Wildman–Crippen MR) is 133 cm³/mol. The molecule has 0 bridgehead atoms. The van der Waals surface area contributed by atoms with Gasteiger partial charge in [0, 0.05) is 12.3 Å². The third-order valence-electron chi connectivity index (χ3n) is 5.74. The van der Waals surface area contributed by atoms with E-state index in [1.807, 2.05) is 6.07 Å². The molecule has 1 fully saturated rings. The molecule has 10 nitrogen and oxygen atoms in total. The Bertz CT molecular complexity index is 1410. The molecule has 190 valence electrons. The van der Waals surface area contributed by atoms with Crippen LogP contribution in [0.2, 0.25) is 0 Å². The number of aryl methyl sites for hydroxylation is 1. The largest absolute Gasteiger partial charge is 0.365 e. The van der Waals surface area contributed by atoms with Gasteiger partial charge in [-0.2, -0.15) is 5.06 Å². The summed E-state index contributed by atoms with van der Waals surface area (Å²) in [7, 11) is -2.49. The van der Waals surface area contributed by atoms with Gasteiger partial charge in [-0.1, -0.05) is 6.07 Å². The molecule has 0 aliphatic heterocycles. The summed E-state index contributed by atoms with van der Waals surface area (Å²) >= 11 is 0. The molecular formula is C24H27FN6O4S. The third-order valence-corrected chi connectivity index (χ3v) is 7.20. The van der Waals surface area contributed by atoms with E-state index in [-0.39, 0.29) is 40.1 Å². The highest BCUT2D eigenvalue weighted by atomic mass is 32.2. The number of carbonyl (C=O) groups is 1. The molecule has 1 amide bonds. The zero-order valence-corrected chi connectivity index (χ0v) is 20.9. The first-order valence-corrected chi connectivity index (χ1v) is 12.8. The third kappa shape index (κ3) is 5.30. The highest BCUT2D eigenvalue weighted by molar-refractivity contribution is 7.89. The van der Waals surface area contributed by atoms with Crippen LogP contribution in [0, 0.1) is 12.7 Å². The minimum atomic E-state index is -3.82. The molecule has 1 aliphatic carbocycles. The van der Waals surface area contributed by atoms with E-state index in [1.165, 1.54) is 30.4 Å². The number of hydrogen-bond donors (Lipinski definition) is 3. The summed E-state index contributed by atoms with van der Waals surface area (Å²) in [4.78, 5) is 26.3. The summed E-state index contributed by atoms with van der Waals surface area (Å²) in [5.74, 6) is -0.404. The fraction of sp³-hybridized carbons (Fsp3) is 0.292. The monoisotopic (exact) mass is 514 g/mol. The van der Waals surface area contributed by atoms with Crippen molar-refractivity contribution in [3.8, 4) is 0 Å². The van der Waals surface area contributed by atoms with Crippen LogP contribution < -0.4 is 20.8 Å². The first-order valence-electron chi connectivity index (χ1n) is 11.3. The molecule has 1 aromatic carbocycles. The zero-order valence-electron chi connectivity index (χ0n) is 20.1. The van der Waals surface area contributed by atoms with E-state index in [4.69, 9.17) is 10.6 Å². The molecule has 4 N–H and O–H groups in total. The normalized spacial score (nSPS) is 13.4. The number of halogens is 1. The molecule has 0 saturated heterocycles. The SMILES string of the molecule is CCON(c1cc(C)c(F)cn1)c1cc(Nc2ccc(C3CC3)cc2S(=O)(=O)NC)c(C(N)=O)cn1. The molecular weight excluding hydrogens is 487 g/mol. The Kier molecular flexibility index (Phi) is 7.20. The number of aromatic nitrogens is 2. The Morgan fingerprint density at radius 3 is 2.47 bits per heavy atom. The summed E-state index contributed by atoms with van der Waals surface area (Å²) in [5, 5.41) is 4.33. The van der Waals surface area contributed by atoms with Crippen molar-refractivity contribution >= 4 is 38.9 Å². The number of pyridine rings is 2. The van der Waals surface area contributed by atoms with E-state index >= 15 is 0 Å². The summed E-state index contributed by atoms with van der Waals surface area (Å²) in [5.41, 5.74) is 7.37. The quantitative estimate of drug-likeness (QED) is 0.349. The Morgan fingerprint density at radius 1 is 1.17 bits per heavy atom. The first-order chi connectivity index (χ1) is 17.1. The van der Waals surface area contributed by atoms with E-state index < -0.39 is 21.7 Å². The van der Waals surface area contributed by atoms with Gasteiger partial charge < -0.3 is 11.1 Å². The Labute approximate surface area is 208 Å². The fourth-order valence-corrected chi connectivity index (χ4v) is 4.58. The maximum Gasteiger partial charge on any atom is 0.252 e. The van der Waals surface area contributed by atoms with Crippen LogP contribution >= 0.6 is 0 Å². The summed E-state index contributed by atoms with van der Waals surface area (Å²) in [6.07, 6.45) is 4.35. The van der Waals surface area contributed by atoms with E-state index in [9.17, 15) is 17.6 Å². The fourth-order valence-electron chi connectivity index (χ4n) is 3.66.